The van der Waals surface area contributed by atoms with E-state index in [1.54, 1.807) is 27.9 Å². The molecule has 170 valence electrons. The molecule has 0 aliphatic heterocycles. The van der Waals surface area contributed by atoms with Gasteiger partial charge in [0.1, 0.15) is 10.9 Å². The number of benzene rings is 3. The lowest BCUT2D eigenvalue weighted by molar-refractivity contribution is 0.661. The summed E-state index contributed by atoms with van der Waals surface area (Å²) in [6.45, 7) is 0.505. The summed E-state index contributed by atoms with van der Waals surface area (Å²) in [5.41, 5.74) is 4.59. The normalized spacial score (nSPS) is 11.8. The first-order valence-electron chi connectivity index (χ1n) is 11.2. The standard InChI is InChI=1S/C27H19ClN6O/c28-20-10-6-9-19(15-20)16-30-34-25-23(24-26(34)32-22-12-5-4-11-21(22)31-24)27(35)33(17-29-25)14-13-18-7-2-1-3-8-18/h1-12,15-17H,13-14H2. The molecule has 6 rings (SSSR count). The fourth-order valence-electron chi connectivity index (χ4n) is 4.13. The third kappa shape index (κ3) is 3.96. The highest BCUT2D eigenvalue weighted by atomic mass is 35.5. The highest BCUT2D eigenvalue weighted by molar-refractivity contribution is 6.30. The van der Waals surface area contributed by atoms with Crippen molar-refractivity contribution in [2.24, 2.45) is 5.10 Å². The highest BCUT2D eigenvalue weighted by Crippen LogP contribution is 2.25. The Morgan fingerprint density at radius 3 is 2.46 bits per heavy atom. The highest BCUT2D eigenvalue weighted by Gasteiger charge is 2.19. The van der Waals surface area contributed by atoms with Crippen molar-refractivity contribution in [2.75, 3.05) is 0 Å². The van der Waals surface area contributed by atoms with E-state index in [4.69, 9.17) is 21.6 Å². The molecule has 3 aromatic heterocycles. The predicted molar refractivity (Wildman–Crippen MR) is 139 cm³/mol. The summed E-state index contributed by atoms with van der Waals surface area (Å²) >= 11 is 6.13. The molecule has 3 aromatic carbocycles. The van der Waals surface area contributed by atoms with Crippen LogP contribution in [0.4, 0.5) is 0 Å². The molecule has 0 saturated carbocycles. The first-order chi connectivity index (χ1) is 17.2. The Balaban J connectivity index is 1.54. The van der Waals surface area contributed by atoms with Gasteiger partial charge in [-0.2, -0.15) is 9.78 Å². The molecule has 0 spiro atoms. The summed E-state index contributed by atoms with van der Waals surface area (Å²) in [5, 5.41) is 5.64. The van der Waals surface area contributed by atoms with Crippen molar-refractivity contribution in [1.82, 2.24) is 24.2 Å². The summed E-state index contributed by atoms with van der Waals surface area (Å²) in [4.78, 5) is 27.8. The third-order valence-corrected chi connectivity index (χ3v) is 6.10. The number of aromatic nitrogens is 5. The lowest BCUT2D eigenvalue weighted by atomic mass is 10.1. The number of fused-ring (bicyclic) bond motifs is 4. The van der Waals surface area contributed by atoms with Crippen LogP contribution in [-0.2, 0) is 13.0 Å². The maximum Gasteiger partial charge on any atom is 0.265 e. The maximum atomic E-state index is 13.6. The van der Waals surface area contributed by atoms with E-state index in [0.717, 1.165) is 11.1 Å². The molecule has 35 heavy (non-hydrogen) atoms. The van der Waals surface area contributed by atoms with Crippen molar-refractivity contribution in [2.45, 2.75) is 13.0 Å². The van der Waals surface area contributed by atoms with Crippen LogP contribution in [0.1, 0.15) is 11.1 Å². The van der Waals surface area contributed by atoms with Crippen molar-refractivity contribution < 1.29 is 0 Å². The number of hydrogen-bond acceptors (Lipinski definition) is 5. The van der Waals surface area contributed by atoms with Crippen LogP contribution in [0.25, 0.3) is 33.2 Å². The summed E-state index contributed by atoms with van der Waals surface area (Å²) in [7, 11) is 0. The van der Waals surface area contributed by atoms with Crippen LogP contribution < -0.4 is 5.56 Å². The van der Waals surface area contributed by atoms with Gasteiger partial charge < -0.3 is 0 Å². The number of rotatable bonds is 5. The molecular formula is C27H19ClN6O. The Bertz CT molecular complexity index is 1790. The van der Waals surface area contributed by atoms with Crippen LogP contribution in [-0.4, -0.2) is 30.4 Å². The minimum Gasteiger partial charge on any atom is -0.298 e. The van der Waals surface area contributed by atoms with Crippen LogP contribution in [0.2, 0.25) is 5.02 Å². The van der Waals surface area contributed by atoms with Gasteiger partial charge in [0.15, 0.2) is 11.3 Å². The van der Waals surface area contributed by atoms with Crippen LogP contribution in [0, 0.1) is 0 Å². The van der Waals surface area contributed by atoms with Crippen LogP contribution in [0.5, 0.6) is 0 Å². The van der Waals surface area contributed by atoms with Gasteiger partial charge in [-0.05, 0) is 41.8 Å². The van der Waals surface area contributed by atoms with Gasteiger partial charge >= 0.3 is 0 Å². The second-order valence-corrected chi connectivity index (χ2v) is 8.61. The topological polar surface area (TPSA) is 78.0 Å². The molecule has 0 fully saturated rings. The third-order valence-electron chi connectivity index (χ3n) is 5.86. The number of halogens is 1. The van der Waals surface area contributed by atoms with Gasteiger partial charge in [-0.3, -0.25) is 9.36 Å². The van der Waals surface area contributed by atoms with Crippen molar-refractivity contribution >= 4 is 51.0 Å². The van der Waals surface area contributed by atoms with E-state index in [9.17, 15) is 4.79 Å². The summed E-state index contributed by atoms with van der Waals surface area (Å²) in [6.07, 6.45) is 3.95. The molecule has 7 nitrogen and oxygen atoms in total. The zero-order chi connectivity index (χ0) is 23.8. The van der Waals surface area contributed by atoms with Crippen LogP contribution >= 0.6 is 11.6 Å². The Hall–Kier alpha value is -4.36. The first kappa shape index (κ1) is 21.2. The summed E-state index contributed by atoms with van der Waals surface area (Å²) in [6, 6.07) is 25.0. The van der Waals surface area contributed by atoms with Crippen molar-refractivity contribution in [3.05, 3.63) is 112 Å². The fourth-order valence-corrected chi connectivity index (χ4v) is 4.33. The largest absolute Gasteiger partial charge is 0.298 e. The molecule has 0 aliphatic carbocycles. The molecule has 0 aliphatic rings. The van der Waals surface area contributed by atoms with Gasteiger partial charge in [0, 0.05) is 11.6 Å². The molecule has 0 bridgehead atoms. The van der Waals surface area contributed by atoms with Gasteiger partial charge in [-0.25, -0.2) is 15.0 Å². The van der Waals surface area contributed by atoms with Crippen LogP contribution in [0.3, 0.4) is 0 Å². The van der Waals surface area contributed by atoms with Gasteiger partial charge in [0.2, 0.25) is 0 Å². The lowest BCUT2D eigenvalue weighted by Gasteiger charge is -2.05. The lowest BCUT2D eigenvalue weighted by Crippen LogP contribution is -2.21. The molecule has 0 unspecified atom stereocenters. The van der Waals surface area contributed by atoms with Crippen molar-refractivity contribution in [3.8, 4) is 0 Å². The Morgan fingerprint density at radius 1 is 0.886 bits per heavy atom. The monoisotopic (exact) mass is 478 g/mol. The molecule has 8 heteroatoms. The number of aryl methyl sites for hydroxylation is 2. The van der Waals surface area contributed by atoms with E-state index in [1.165, 1.54) is 0 Å². The SMILES string of the molecule is O=c1c2c3nc4ccccc4nc3n(N=Cc3cccc(Cl)c3)c2ncn1CCc1ccccc1. The van der Waals surface area contributed by atoms with E-state index in [0.29, 0.717) is 51.2 Å². The molecular weight excluding hydrogens is 460 g/mol. The van der Waals surface area contributed by atoms with Gasteiger partial charge in [-0.15, -0.1) is 0 Å². The number of hydrogen-bond donors (Lipinski definition) is 0. The zero-order valence-corrected chi connectivity index (χ0v) is 19.3. The second kappa shape index (κ2) is 8.77. The Morgan fingerprint density at radius 2 is 1.66 bits per heavy atom. The average Bonchev–Trinajstić information content (AvgIpc) is 3.19. The van der Waals surface area contributed by atoms with E-state index in [-0.39, 0.29) is 5.56 Å². The summed E-state index contributed by atoms with van der Waals surface area (Å²) in [5.74, 6) is 0. The fraction of sp³-hybridized carbons (Fsp3) is 0.0741. The Kier molecular flexibility index (Phi) is 5.31. The second-order valence-electron chi connectivity index (χ2n) is 8.17. The van der Waals surface area contributed by atoms with E-state index < -0.39 is 0 Å². The molecule has 0 saturated heterocycles. The minimum absolute atomic E-state index is 0.169. The van der Waals surface area contributed by atoms with Crippen LogP contribution in [0.15, 0.2) is 95.1 Å². The Labute approximate surface area is 205 Å². The van der Waals surface area contributed by atoms with Crippen molar-refractivity contribution in [1.29, 1.82) is 0 Å². The first-order valence-corrected chi connectivity index (χ1v) is 11.6. The van der Waals surface area contributed by atoms with E-state index >= 15 is 0 Å². The molecule has 0 atom stereocenters. The smallest absolute Gasteiger partial charge is 0.265 e. The van der Waals surface area contributed by atoms with Gasteiger partial charge in [-0.1, -0.05) is 66.2 Å². The van der Waals surface area contributed by atoms with Gasteiger partial charge in [0.25, 0.3) is 5.56 Å². The zero-order valence-electron chi connectivity index (χ0n) is 18.5. The van der Waals surface area contributed by atoms with E-state index in [1.807, 2.05) is 72.8 Å². The molecule has 0 amide bonds. The van der Waals surface area contributed by atoms with E-state index in [2.05, 4.69) is 10.1 Å². The van der Waals surface area contributed by atoms with Gasteiger partial charge in [0.05, 0.1) is 23.6 Å². The quantitative estimate of drug-likeness (QED) is 0.324. The molecule has 0 N–H and O–H groups in total. The molecule has 3 heterocycles. The predicted octanol–water partition coefficient (Wildman–Crippen LogP) is 5.07. The molecule has 0 radical (unpaired) electrons. The number of para-hydroxylation sites is 2. The average molecular weight is 479 g/mol. The maximum absolute atomic E-state index is 13.6. The summed E-state index contributed by atoms with van der Waals surface area (Å²) < 4.78 is 3.20. The van der Waals surface area contributed by atoms with Crippen molar-refractivity contribution in [3.63, 3.8) is 0 Å². The molecule has 6 aromatic rings. The number of nitrogens with zero attached hydrogens (tertiary/aromatic N) is 6. The minimum atomic E-state index is -0.169.